The largest absolute Gasteiger partial charge is 0.353 e. The van der Waals surface area contributed by atoms with Gasteiger partial charge in [0.15, 0.2) is 0 Å². The van der Waals surface area contributed by atoms with E-state index in [1.165, 1.54) is 42.5 Å². The van der Waals surface area contributed by atoms with Gasteiger partial charge in [-0.2, -0.15) is 0 Å². The molecule has 220 valence electrons. The summed E-state index contributed by atoms with van der Waals surface area (Å²) in [6, 6.07) is 19.5. The molecule has 3 aromatic carbocycles. The highest BCUT2D eigenvalue weighted by atomic mass is 19.1. The van der Waals surface area contributed by atoms with Crippen molar-refractivity contribution >= 4 is 17.7 Å². The number of benzene rings is 3. The van der Waals surface area contributed by atoms with Gasteiger partial charge in [0.1, 0.15) is 11.6 Å². The van der Waals surface area contributed by atoms with Crippen LogP contribution in [0.15, 0.2) is 72.8 Å². The summed E-state index contributed by atoms with van der Waals surface area (Å²) in [5, 5.41) is 3.22. The topological polar surface area (TPSA) is 69.7 Å². The molecule has 0 spiro atoms. The van der Waals surface area contributed by atoms with Crippen LogP contribution in [-0.4, -0.2) is 52.7 Å². The molecule has 1 N–H and O–H groups in total. The van der Waals surface area contributed by atoms with Gasteiger partial charge >= 0.3 is 0 Å². The third-order valence-electron chi connectivity index (χ3n) is 8.50. The van der Waals surface area contributed by atoms with E-state index in [-0.39, 0.29) is 41.5 Å². The van der Waals surface area contributed by atoms with Crippen LogP contribution in [0.4, 0.5) is 8.78 Å². The second-order valence-electron chi connectivity index (χ2n) is 11.5. The van der Waals surface area contributed by atoms with Crippen LogP contribution in [0.3, 0.4) is 0 Å². The summed E-state index contributed by atoms with van der Waals surface area (Å²) >= 11 is 0. The first-order valence-corrected chi connectivity index (χ1v) is 14.7. The summed E-state index contributed by atoms with van der Waals surface area (Å²) in [6.45, 7) is 3.40. The maximum atomic E-state index is 13.6. The van der Waals surface area contributed by atoms with E-state index in [4.69, 9.17) is 0 Å². The SMILES string of the molecule is Cc1cccc(CN(C(=O)c2ccc(F)cc2)C2CCC(NC(=O)C3CCN(C(=O)c4cccc(F)c4)CC3)CC2)c1. The number of piperidine rings is 1. The van der Waals surface area contributed by atoms with E-state index in [9.17, 15) is 23.2 Å². The Balaban J connectivity index is 1.15. The molecule has 0 aromatic heterocycles. The Morgan fingerprint density at radius 2 is 1.50 bits per heavy atom. The Labute approximate surface area is 245 Å². The number of hydrogen-bond acceptors (Lipinski definition) is 3. The normalized spacial score (nSPS) is 19.3. The number of likely N-dealkylation sites (tertiary alicyclic amines) is 1. The van der Waals surface area contributed by atoms with Crippen molar-refractivity contribution in [2.45, 2.75) is 64.1 Å². The highest BCUT2D eigenvalue weighted by molar-refractivity contribution is 5.95. The van der Waals surface area contributed by atoms with Crippen LogP contribution >= 0.6 is 0 Å². The first-order chi connectivity index (χ1) is 20.3. The van der Waals surface area contributed by atoms with E-state index >= 15 is 0 Å². The highest BCUT2D eigenvalue weighted by Gasteiger charge is 2.33. The number of halogens is 2. The summed E-state index contributed by atoms with van der Waals surface area (Å²) in [5.41, 5.74) is 2.95. The summed E-state index contributed by atoms with van der Waals surface area (Å²) < 4.78 is 27.1. The minimum Gasteiger partial charge on any atom is -0.353 e. The van der Waals surface area contributed by atoms with Gasteiger partial charge in [-0.3, -0.25) is 14.4 Å². The number of nitrogens with one attached hydrogen (secondary N) is 1. The van der Waals surface area contributed by atoms with E-state index in [2.05, 4.69) is 11.4 Å². The van der Waals surface area contributed by atoms with Crippen LogP contribution < -0.4 is 5.32 Å². The molecule has 0 atom stereocenters. The van der Waals surface area contributed by atoms with Crippen LogP contribution in [0.25, 0.3) is 0 Å². The van der Waals surface area contributed by atoms with E-state index in [1.807, 2.05) is 30.0 Å². The molecule has 2 fully saturated rings. The fourth-order valence-electron chi connectivity index (χ4n) is 6.13. The number of carbonyl (C=O) groups excluding carboxylic acids is 3. The van der Waals surface area contributed by atoms with Gasteiger partial charge in [-0.15, -0.1) is 0 Å². The van der Waals surface area contributed by atoms with Crippen molar-refractivity contribution in [2.24, 2.45) is 5.92 Å². The number of nitrogens with zero attached hydrogens (tertiary/aromatic N) is 2. The lowest BCUT2D eigenvalue weighted by atomic mass is 9.88. The van der Waals surface area contributed by atoms with Crippen molar-refractivity contribution in [3.63, 3.8) is 0 Å². The molecule has 0 radical (unpaired) electrons. The Bertz CT molecular complexity index is 1410. The van der Waals surface area contributed by atoms with E-state index < -0.39 is 5.82 Å². The van der Waals surface area contributed by atoms with Gasteiger partial charge in [0.05, 0.1) is 0 Å². The first-order valence-electron chi connectivity index (χ1n) is 14.7. The summed E-state index contributed by atoms with van der Waals surface area (Å²) in [4.78, 5) is 43.0. The molecule has 3 amide bonds. The van der Waals surface area contributed by atoms with E-state index in [0.29, 0.717) is 43.6 Å². The Kier molecular flexibility index (Phi) is 9.30. The second-order valence-corrected chi connectivity index (χ2v) is 11.5. The van der Waals surface area contributed by atoms with E-state index in [0.717, 1.165) is 36.8 Å². The molecular formula is C34H37F2N3O3. The van der Waals surface area contributed by atoms with Gasteiger partial charge < -0.3 is 15.1 Å². The third kappa shape index (κ3) is 7.22. The molecule has 1 saturated heterocycles. The lowest BCUT2D eigenvalue weighted by molar-refractivity contribution is -0.127. The lowest BCUT2D eigenvalue weighted by Crippen LogP contribution is -2.48. The van der Waals surface area contributed by atoms with Crippen LogP contribution in [0.1, 0.15) is 70.4 Å². The Hall–Kier alpha value is -4.07. The van der Waals surface area contributed by atoms with Crippen molar-refractivity contribution in [1.82, 2.24) is 15.1 Å². The first kappa shape index (κ1) is 29.4. The zero-order valence-corrected chi connectivity index (χ0v) is 23.9. The number of carbonyl (C=O) groups is 3. The van der Waals surface area contributed by atoms with Gasteiger partial charge in [0, 0.05) is 48.8 Å². The number of hydrogen-bond donors (Lipinski definition) is 1. The maximum absolute atomic E-state index is 13.6. The van der Waals surface area contributed by atoms with E-state index in [1.54, 1.807) is 11.0 Å². The quantitative estimate of drug-likeness (QED) is 0.383. The van der Waals surface area contributed by atoms with Crippen LogP contribution in [0, 0.1) is 24.5 Å². The van der Waals surface area contributed by atoms with Gasteiger partial charge in [-0.1, -0.05) is 35.9 Å². The molecular weight excluding hydrogens is 536 g/mol. The highest BCUT2D eigenvalue weighted by Crippen LogP contribution is 2.28. The zero-order chi connectivity index (χ0) is 29.6. The smallest absolute Gasteiger partial charge is 0.254 e. The molecule has 6 nitrogen and oxygen atoms in total. The van der Waals surface area contributed by atoms with Crippen molar-refractivity contribution in [3.05, 3.63) is 107 Å². The number of amides is 3. The van der Waals surface area contributed by atoms with Gasteiger partial charge in [0.25, 0.3) is 11.8 Å². The van der Waals surface area contributed by atoms with Crippen molar-refractivity contribution < 1.29 is 23.2 Å². The average molecular weight is 574 g/mol. The summed E-state index contributed by atoms with van der Waals surface area (Å²) in [6.07, 6.45) is 4.16. The van der Waals surface area contributed by atoms with Crippen LogP contribution in [0.2, 0.25) is 0 Å². The fraction of sp³-hybridized carbons (Fsp3) is 0.382. The zero-order valence-electron chi connectivity index (χ0n) is 23.9. The lowest BCUT2D eigenvalue weighted by Gasteiger charge is -2.38. The molecule has 8 heteroatoms. The predicted octanol–water partition coefficient (Wildman–Crippen LogP) is 5.90. The third-order valence-corrected chi connectivity index (χ3v) is 8.50. The van der Waals surface area contributed by atoms with Crippen molar-refractivity contribution in [3.8, 4) is 0 Å². The number of aryl methyl sites for hydroxylation is 1. The standard InChI is InChI=1S/C34H37F2N3O3/c1-23-4-2-5-24(20-23)22-39(34(42)26-8-10-28(35)11-9-26)31-14-12-30(13-15-31)37-32(40)25-16-18-38(19-17-25)33(41)27-6-3-7-29(36)21-27/h2-11,20-21,25,30-31H,12-19,22H2,1H3,(H,37,40). The van der Waals surface area contributed by atoms with Gasteiger partial charge in [-0.25, -0.2) is 8.78 Å². The minimum absolute atomic E-state index is 0.00768. The summed E-state index contributed by atoms with van der Waals surface area (Å²) in [7, 11) is 0. The van der Waals surface area contributed by atoms with Crippen molar-refractivity contribution in [2.75, 3.05) is 13.1 Å². The van der Waals surface area contributed by atoms with Gasteiger partial charge in [-0.05, 0) is 93.5 Å². The Morgan fingerprint density at radius 3 is 2.17 bits per heavy atom. The average Bonchev–Trinajstić information content (AvgIpc) is 3.00. The molecule has 1 aliphatic carbocycles. The Morgan fingerprint density at radius 1 is 0.810 bits per heavy atom. The van der Waals surface area contributed by atoms with Crippen molar-refractivity contribution in [1.29, 1.82) is 0 Å². The molecule has 0 unspecified atom stereocenters. The molecule has 0 bridgehead atoms. The maximum Gasteiger partial charge on any atom is 0.254 e. The summed E-state index contributed by atoms with van der Waals surface area (Å²) in [5.74, 6) is -1.31. The van der Waals surface area contributed by atoms with Crippen LogP contribution in [-0.2, 0) is 11.3 Å². The predicted molar refractivity (Wildman–Crippen MR) is 157 cm³/mol. The molecule has 5 rings (SSSR count). The fourth-order valence-corrected chi connectivity index (χ4v) is 6.13. The molecule has 1 aliphatic heterocycles. The molecule has 1 saturated carbocycles. The van der Waals surface area contributed by atoms with Gasteiger partial charge in [0.2, 0.25) is 5.91 Å². The second kappa shape index (κ2) is 13.3. The van der Waals surface area contributed by atoms with Crippen LogP contribution in [0.5, 0.6) is 0 Å². The molecule has 1 heterocycles. The molecule has 42 heavy (non-hydrogen) atoms. The molecule has 2 aliphatic rings. The molecule has 3 aromatic rings. The number of rotatable bonds is 7. The monoisotopic (exact) mass is 573 g/mol. The minimum atomic E-state index is -0.442.